The number of rotatable bonds is 4. The van der Waals surface area contributed by atoms with E-state index in [-0.39, 0.29) is 0 Å². The molecule has 78 valence electrons. The Labute approximate surface area is 91.6 Å². The lowest BCUT2D eigenvalue weighted by Gasteiger charge is -2.40. The average molecular weight is 247 g/mol. The SMILES string of the molecule is CCC(CC)(CBr)C1CCCCC1. The van der Waals surface area contributed by atoms with Gasteiger partial charge in [-0.15, -0.1) is 0 Å². The molecule has 0 N–H and O–H groups in total. The van der Waals surface area contributed by atoms with Crippen molar-refractivity contribution in [2.75, 3.05) is 5.33 Å². The lowest BCUT2D eigenvalue weighted by atomic mass is 9.67. The van der Waals surface area contributed by atoms with Crippen LogP contribution in [0.15, 0.2) is 0 Å². The minimum Gasteiger partial charge on any atom is -0.0922 e. The molecule has 0 aromatic rings. The quantitative estimate of drug-likeness (QED) is 0.628. The highest BCUT2D eigenvalue weighted by Gasteiger charge is 2.34. The smallest absolute Gasteiger partial charge is 0.00904 e. The van der Waals surface area contributed by atoms with Crippen LogP contribution >= 0.6 is 15.9 Å². The minimum atomic E-state index is 0.612. The third kappa shape index (κ3) is 2.49. The van der Waals surface area contributed by atoms with Crippen molar-refractivity contribution in [3.05, 3.63) is 0 Å². The lowest BCUT2D eigenvalue weighted by molar-refractivity contribution is 0.132. The predicted molar refractivity (Wildman–Crippen MR) is 63.4 cm³/mol. The van der Waals surface area contributed by atoms with Crippen LogP contribution in [0.5, 0.6) is 0 Å². The molecule has 0 bridgehead atoms. The number of alkyl halides is 1. The van der Waals surface area contributed by atoms with Gasteiger partial charge in [0.05, 0.1) is 0 Å². The van der Waals surface area contributed by atoms with Gasteiger partial charge in [0, 0.05) is 5.33 Å². The van der Waals surface area contributed by atoms with E-state index in [4.69, 9.17) is 0 Å². The molecule has 0 atom stereocenters. The van der Waals surface area contributed by atoms with Crippen molar-refractivity contribution < 1.29 is 0 Å². The molecule has 0 aliphatic heterocycles. The van der Waals surface area contributed by atoms with Crippen LogP contribution in [0.4, 0.5) is 0 Å². The summed E-state index contributed by atoms with van der Waals surface area (Å²) in [6.07, 6.45) is 10.1. The zero-order valence-electron chi connectivity index (χ0n) is 9.11. The molecule has 1 aliphatic rings. The summed E-state index contributed by atoms with van der Waals surface area (Å²) in [5.41, 5.74) is 0.612. The Kier molecular flexibility index (Phi) is 4.78. The Bertz CT molecular complexity index is 124. The molecular formula is C12H23Br. The first-order chi connectivity index (χ1) is 6.29. The van der Waals surface area contributed by atoms with Crippen molar-refractivity contribution in [1.29, 1.82) is 0 Å². The van der Waals surface area contributed by atoms with E-state index >= 15 is 0 Å². The molecule has 0 nitrogen and oxygen atoms in total. The van der Waals surface area contributed by atoms with Gasteiger partial charge in [0.25, 0.3) is 0 Å². The molecule has 0 aromatic heterocycles. The first-order valence-corrected chi connectivity index (χ1v) is 6.97. The summed E-state index contributed by atoms with van der Waals surface area (Å²) in [4.78, 5) is 0. The standard InChI is InChI=1S/C12H23Br/c1-3-12(4-2,10-13)11-8-6-5-7-9-11/h11H,3-10H2,1-2H3. The van der Waals surface area contributed by atoms with Crippen LogP contribution in [-0.4, -0.2) is 5.33 Å². The summed E-state index contributed by atoms with van der Waals surface area (Å²) in [5, 5.41) is 1.21. The third-order valence-corrected chi connectivity index (χ3v) is 5.26. The van der Waals surface area contributed by atoms with Crippen molar-refractivity contribution in [1.82, 2.24) is 0 Å². The fourth-order valence-electron chi connectivity index (χ4n) is 2.84. The van der Waals surface area contributed by atoms with Crippen molar-refractivity contribution in [2.45, 2.75) is 58.8 Å². The molecule has 1 rings (SSSR count). The Morgan fingerprint density at radius 3 is 2.00 bits per heavy atom. The molecule has 1 aliphatic carbocycles. The number of hydrogen-bond donors (Lipinski definition) is 0. The van der Waals surface area contributed by atoms with Crippen LogP contribution in [0.2, 0.25) is 0 Å². The third-order valence-electron chi connectivity index (χ3n) is 4.15. The number of halogens is 1. The van der Waals surface area contributed by atoms with Gasteiger partial charge in [-0.05, 0) is 37.0 Å². The summed E-state index contributed by atoms with van der Waals surface area (Å²) in [6.45, 7) is 4.72. The molecule has 0 aromatic carbocycles. The van der Waals surface area contributed by atoms with Crippen molar-refractivity contribution >= 4 is 15.9 Å². The Morgan fingerprint density at radius 1 is 1.08 bits per heavy atom. The summed E-state index contributed by atoms with van der Waals surface area (Å²) in [7, 11) is 0. The maximum absolute atomic E-state index is 3.73. The molecule has 0 heterocycles. The molecule has 0 amide bonds. The van der Waals surface area contributed by atoms with Crippen LogP contribution in [0, 0.1) is 11.3 Å². The normalized spacial score (nSPS) is 20.5. The molecule has 0 radical (unpaired) electrons. The largest absolute Gasteiger partial charge is 0.0922 e. The van der Waals surface area contributed by atoms with Crippen LogP contribution in [0.3, 0.4) is 0 Å². The molecule has 1 heteroatoms. The van der Waals surface area contributed by atoms with Gasteiger partial charge in [-0.3, -0.25) is 0 Å². The summed E-state index contributed by atoms with van der Waals surface area (Å²) in [5.74, 6) is 0.996. The highest BCUT2D eigenvalue weighted by molar-refractivity contribution is 9.09. The highest BCUT2D eigenvalue weighted by atomic mass is 79.9. The summed E-state index contributed by atoms with van der Waals surface area (Å²) >= 11 is 3.73. The summed E-state index contributed by atoms with van der Waals surface area (Å²) in [6, 6.07) is 0. The van der Waals surface area contributed by atoms with Gasteiger partial charge in [0.15, 0.2) is 0 Å². The molecule has 0 unspecified atom stereocenters. The maximum Gasteiger partial charge on any atom is 0.00904 e. The van der Waals surface area contributed by atoms with E-state index < -0.39 is 0 Å². The fraction of sp³-hybridized carbons (Fsp3) is 1.00. The second-order valence-corrected chi connectivity index (χ2v) is 5.10. The molecule has 0 saturated heterocycles. The van der Waals surface area contributed by atoms with Crippen molar-refractivity contribution in [3.63, 3.8) is 0 Å². The minimum absolute atomic E-state index is 0.612. The Hall–Kier alpha value is 0.480. The Morgan fingerprint density at radius 2 is 1.62 bits per heavy atom. The predicted octanol–water partition coefficient (Wildman–Crippen LogP) is 4.77. The van der Waals surface area contributed by atoms with Crippen molar-refractivity contribution in [2.24, 2.45) is 11.3 Å². The van der Waals surface area contributed by atoms with Crippen LogP contribution in [-0.2, 0) is 0 Å². The van der Waals surface area contributed by atoms with Crippen LogP contribution in [0.1, 0.15) is 58.8 Å². The van der Waals surface area contributed by atoms with E-state index in [1.807, 2.05) is 0 Å². The van der Waals surface area contributed by atoms with Gasteiger partial charge in [-0.1, -0.05) is 49.0 Å². The second-order valence-electron chi connectivity index (χ2n) is 4.54. The van der Waals surface area contributed by atoms with Gasteiger partial charge >= 0.3 is 0 Å². The first-order valence-electron chi connectivity index (χ1n) is 5.85. The van der Waals surface area contributed by atoms with Gasteiger partial charge in [0.2, 0.25) is 0 Å². The van der Waals surface area contributed by atoms with Crippen molar-refractivity contribution in [3.8, 4) is 0 Å². The van der Waals surface area contributed by atoms with E-state index in [9.17, 15) is 0 Å². The van der Waals surface area contributed by atoms with Gasteiger partial charge in [-0.25, -0.2) is 0 Å². The van der Waals surface area contributed by atoms with Gasteiger partial charge in [0.1, 0.15) is 0 Å². The highest BCUT2D eigenvalue weighted by Crippen LogP contribution is 2.44. The molecule has 1 fully saturated rings. The first kappa shape index (κ1) is 11.6. The van der Waals surface area contributed by atoms with E-state index in [0.29, 0.717) is 5.41 Å². The monoisotopic (exact) mass is 246 g/mol. The fourth-order valence-corrected chi connectivity index (χ4v) is 4.09. The van der Waals surface area contributed by atoms with Crippen LogP contribution < -0.4 is 0 Å². The topological polar surface area (TPSA) is 0 Å². The lowest BCUT2D eigenvalue weighted by Crippen LogP contribution is -2.32. The zero-order chi connectivity index (χ0) is 9.73. The second kappa shape index (κ2) is 5.38. The number of hydrogen-bond acceptors (Lipinski definition) is 0. The molecule has 0 spiro atoms. The van der Waals surface area contributed by atoms with Gasteiger partial charge in [-0.2, -0.15) is 0 Å². The van der Waals surface area contributed by atoms with E-state index in [2.05, 4.69) is 29.8 Å². The molecular weight excluding hydrogens is 224 g/mol. The zero-order valence-corrected chi connectivity index (χ0v) is 10.7. The average Bonchev–Trinajstić information content (AvgIpc) is 2.23. The van der Waals surface area contributed by atoms with Gasteiger partial charge < -0.3 is 0 Å². The Balaban J connectivity index is 2.60. The van der Waals surface area contributed by atoms with E-state index in [1.165, 1.54) is 50.3 Å². The van der Waals surface area contributed by atoms with Crippen LogP contribution in [0.25, 0.3) is 0 Å². The van der Waals surface area contributed by atoms with E-state index in [0.717, 1.165) is 5.92 Å². The molecule has 1 saturated carbocycles. The maximum atomic E-state index is 3.73. The molecule has 13 heavy (non-hydrogen) atoms. The van der Waals surface area contributed by atoms with E-state index in [1.54, 1.807) is 0 Å². The summed E-state index contributed by atoms with van der Waals surface area (Å²) < 4.78 is 0.